The first-order valence-corrected chi connectivity index (χ1v) is 6.37. The number of hydrogen-bond donors (Lipinski definition) is 2. The van der Waals surface area contributed by atoms with E-state index >= 15 is 0 Å². The Labute approximate surface area is 108 Å². The van der Waals surface area contributed by atoms with Gasteiger partial charge in [0.2, 0.25) is 0 Å². The number of aliphatic carboxylic acids is 1. The Morgan fingerprint density at radius 1 is 1.44 bits per heavy atom. The van der Waals surface area contributed by atoms with E-state index in [9.17, 15) is 4.79 Å². The maximum Gasteiger partial charge on any atom is 0.308 e. The number of carboxylic acid groups (broad SMARTS) is 1. The van der Waals surface area contributed by atoms with Crippen LogP contribution in [-0.2, 0) is 11.3 Å². The van der Waals surface area contributed by atoms with Gasteiger partial charge < -0.3 is 10.4 Å². The molecule has 0 radical (unpaired) electrons. The highest BCUT2D eigenvalue weighted by Gasteiger charge is 2.32. The van der Waals surface area contributed by atoms with Crippen molar-refractivity contribution in [3.05, 3.63) is 35.9 Å². The van der Waals surface area contributed by atoms with Crippen LogP contribution < -0.4 is 5.32 Å². The molecule has 2 N–H and O–H groups in total. The maximum absolute atomic E-state index is 11.1. The van der Waals surface area contributed by atoms with E-state index in [2.05, 4.69) is 22.3 Å². The molecule has 2 unspecified atom stereocenters. The zero-order valence-corrected chi connectivity index (χ0v) is 10.7. The highest BCUT2D eigenvalue weighted by atomic mass is 16.4. The molecule has 2 atom stereocenters. The van der Waals surface area contributed by atoms with Crippen molar-refractivity contribution in [2.24, 2.45) is 5.92 Å². The summed E-state index contributed by atoms with van der Waals surface area (Å²) in [4.78, 5) is 13.4. The lowest BCUT2D eigenvalue weighted by molar-refractivity contribution is -0.144. The summed E-state index contributed by atoms with van der Waals surface area (Å²) in [6, 6.07) is 10.3. The number of piperidine rings is 1. The van der Waals surface area contributed by atoms with Crippen LogP contribution in [0.4, 0.5) is 0 Å². The summed E-state index contributed by atoms with van der Waals surface area (Å²) < 4.78 is 0. The van der Waals surface area contributed by atoms with Gasteiger partial charge in [0.25, 0.3) is 0 Å². The molecule has 0 bridgehead atoms. The number of hydrogen-bond acceptors (Lipinski definition) is 3. The molecule has 2 rings (SSSR count). The van der Waals surface area contributed by atoms with Crippen molar-refractivity contribution in [1.29, 1.82) is 0 Å². The van der Waals surface area contributed by atoms with Gasteiger partial charge in [-0.15, -0.1) is 0 Å². The molecule has 0 spiro atoms. The summed E-state index contributed by atoms with van der Waals surface area (Å²) in [6.45, 7) is 2.54. The molecule has 0 aliphatic carbocycles. The molecule has 98 valence electrons. The lowest BCUT2D eigenvalue weighted by atomic mass is 9.91. The van der Waals surface area contributed by atoms with E-state index in [1.165, 1.54) is 5.56 Å². The Morgan fingerprint density at radius 3 is 2.78 bits per heavy atom. The summed E-state index contributed by atoms with van der Waals surface area (Å²) in [6.07, 6.45) is 0.716. The van der Waals surface area contributed by atoms with Crippen LogP contribution in [0, 0.1) is 5.92 Å². The Morgan fingerprint density at radius 2 is 2.17 bits per heavy atom. The zero-order valence-electron chi connectivity index (χ0n) is 10.7. The van der Waals surface area contributed by atoms with Crippen molar-refractivity contribution >= 4 is 5.97 Å². The second kappa shape index (κ2) is 5.98. The van der Waals surface area contributed by atoms with Gasteiger partial charge in [0, 0.05) is 19.1 Å². The third-order valence-corrected chi connectivity index (χ3v) is 3.63. The van der Waals surface area contributed by atoms with E-state index in [0.717, 1.165) is 19.6 Å². The van der Waals surface area contributed by atoms with Gasteiger partial charge in [0.15, 0.2) is 0 Å². The number of rotatable bonds is 4. The van der Waals surface area contributed by atoms with Crippen molar-refractivity contribution in [3.8, 4) is 0 Å². The van der Waals surface area contributed by atoms with Crippen LogP contribution in [0.3, 0.4) is 0 Å². The van der Waals surface area contributed by atoms with Crippen LogP contribution in [0.15, 0.2) is 30.3 Å². The molecule has 1 heterocycles. The van der Waals surface area contributed by atoms with Crippen molar-refractivity contribution in [3.63, 3.8) is 0 Å². The van der Waals surface area contributed by atoms with E-state index < -0.39 is 5.97 Å². The van der Waals surface area contributed by atoms with Gasteiger partial charge in [-0.2, -0.15) is 0 Å². The lowest BCUT2D eigenvalue weighted by Gasteiger charge is -2.36. The number of nitrogens with one attached hydrogen (secondary N) is 1. The standard InChI is InChI=1S/C14H20N2O2/c1-15-13-10-16(8-7-12(13)14(17)18)9-11-5-3-2-4-6-11/h2-6,12-13,15H,7-10H2,1H3,(H,17,18). The van der Waals surface area contributed by atoms with Gasteiger partial charge in [0.1, 0.15) is 0 Å². The highest BCUT2D eigenvalue weighted by Crippen LogP contribution is 2.19. The van der Waals surface area contributed by atoms with Crippen molar-refractivity contribution in [1.82, 2.24) is 10.2 Å². The summed E-state index contributed by atoms with van der Waals surface area (Å²) in [5.41, 5.74) is 1.28. The summed E-state index contributed by atoms with van der Waals surface area (Å²) in [5, 5.41) is 12.3. The fraction of sp³-hybridized carbons (Fsp3) is 0.500. The molecule has 1 aromatic rings. The quantitative estimate of drug-likeness (QED) is 0.840. The number of nitrogens with zero attached hydrogens (tertiary/aromatic N) is 1. The molecule has 18 heavy (non-hydrogen) atoms. The number of benzene rings is 1. The summed E-state index contributed by atoms with van der Waals surface area (Å²) >= 11 is 0. The average molecular weight is 248 g/mol. The SMILES string of the molecule is CNC1CN(Cc2ccccc2)CCC1C(=O)O. The normalized spacial score (nSPS) is 24.9. The maximum atomic E-state index is 11.1. The molecule has 1 saturated heterocycles. The van der Waals surface area contributed by atoms with Crippen LogP contribution in [0.5, 0.6) is 0 Å². The minimum atomic E-state index is -0.686. The van der Waals surface area contributed by atoms with E-state index in [1.54, 1.807) is 0 Å². The van der Waals surface area contributed by atoms with Crippen LogP contribution >= 0.6 is 0 Å². The van der Waals surface area contributed by atoms with Crippen LogP contribution in [-0.4, -0.2) is 42.2 Å². The van der Waals surface area contributed by atoms with E-state index in [-0.39, 0.29) is 12.0 Å². The topological polar surface area (TPSA) is 52.6 Å². The lowest BCUT2D eigenvalue weighted by Crippen LogP contribution is -2.51. The zero-order chi connectivity index (χ0) is 13.0. The third kappa shape index (κ3) is 3.09. The monoisotopic (exact) mass is 248 g/mol. The first-order valence-electron chi connectivity index (χ1n) is 6.37. The van der Waals surface area contributed by atoms with Crippen LogP contribution in [0.25, 0.3) is 0 Å². The second-order valence-electron chi connectivity index (χ2n) is 4.85. The molecule has 0 amide bonds. The summed E-state index contributed by atoms with van der Waals surface area (Å²) in [5.74, 6) is -0.948. The number of likely N-dealkylation sites (tertiary alicyclic amines) is 1. The Kier molecular flexibility index (Phi) is 4.33. The first-order chi connectivity index (χ1) is 8.70. The molecule has 4 nitrogen and oxygen atoms in total. The number of carboxylic acids is 1. The van der Waals surface area contributed by atoms with Gasteiger partial charge in [-0.25, -0.2) is 0 Å². The minimum absolute atomic E-state index is 0.0416. The molecule has 1 aromatic carbocycles. The fourth-order valence-electron chi connectivity index (χ4n) is 2.59. The second-order valence-corrected chi connectivity index (χ2v) is 4.85. The van der Waals surface area contributed by atoms with Crippen molar-refractivity contribution in [2.75, 3.05) is 20.1 Å². The number of carbonyl (C=O) groups is 1. The molecule has 0 aromatic heterocycles. The van der Waals surface area contributed by atoms with Gasteiger partial charge in [-0.3, -0.25) is 9.69 Å². The van der Waals surface area contributed by atoms with E-state index in [1.807, 2.05) is 25.2 Å². The molecular weight excluding hydrogens is 228 g/mol. The average Bonchev–Trinajstić information content (AvgIpc) is 2.39. The van der Waals surface area contributed by atoms with E-state index in [4.69, 9.17) is 5.11 Å². The predicted octanol–water partition coefficient (Wildman–Crippen LogP) is 1.18. The van der Waals surface area contributed by atoms with Gasteiger partial charge in [-0.1, -0.05) is 30.3 Å². The largest absolute Gasteiger partial charge is 0.481 e. The minimum Gasteiger partial charge on any atom is -0.481 e. The van der Waals surface area contributed by atoms with E-state index in [0.29, 0.717) is 6.42 Å². The Bertz CT molecular complexity index is 394. The first kappa shape index (κ1) is 13.1. The molecule has 4 heteroatoms. The number of likely N-dealkylation sites (N-methyl/N-ethyl adjacent to an activating group) is 1. The Hall–Kier alpha value is -1.39. The molecule has 1 aliphatic heterocycles. The highest BCUT2D eigenvalue weighted by molar-refractivity contribution is 5.71. The van der Waals surface area contributed by atoms with Crippen molar-refractivity contribution < 1.29 is 9.90 Å². The van der Waals surface area contributed by atoms with Gasteiger partial charge in [-0.05, 0) is 25.6 Å². The van der Waals surface area contributed by atoms with Gasteiger partial charge in [0.05, 0.1) is 5.92 Å². The molecule has 1 aliphatic rings. The third-order valence-electron chi connectivity index (χ3n) is 3.63. The predicted molar refractivity (Wildman–Crippen MR) is 70.3 cm³/mol. The fourth-order valence-corrected chi connectivity index (χ4v) is 2.59. The Balaban J connectivity index is 1.95. The van der Waals surface area contributed by atoms with Crippen LogP contribution in [0.2, 0.25) is 0 Å². The molecule has 0 saturated carbocycles. The molecular formula is C14H20N2O2. The van der Waals surface area contributed by atoms with Gasteiger partial charge >= 0.3 is 5.97 Å². The molecule has 1 fully saturated rings. The van der Waals surface area contributed by atoms with Crippen LogP contribution in [0.1, 0.15) is 12.0 Å². The van der Waals surface area contributed by atoms with Crippen molar-refractivity contribution in [2.45, 2.75) is 19.0 Å². The summed E-state index contributed by atoms with van der Waals surface area (Å²) in [7, 11) is 1.84. The smallest absolute Gasteiger partial charge is 0.308 e.